The standard InChI is InChI=1S/C14H16N2O4S/c1-15(2)12-7-3-6-11-10(12)5-4-8-13(11)16(21(19)20)9-14(17)18/h3-8,21H,9H2,1-2H3,(H,17,18). The van der Waals surface area contributed by atoms with Crippen molar-refractivity contribution in [2.75, 3.05) is 29.8 Å². The van der Waals surface area contributed by atoms with E-state index in [9.17, 15) is 13.2 Å². The van der Waals surface area contributed by atoms with Gasteiger partial charge in [0.1, 0.15) is 6.54 Å². The molecule has 0 atom stereocenters. The lowest BCUT2D eigenvalue weighted by Gasteiger charge is -2.20. The number of hydrogen-bond donors (Lipinski definition) is 2. The maximum absolute atomic E-state index is 11.4. The molecule has 0 heterocycles. The zero-order valence-electron chi connectivity index (χ0n) is 11.7. The van der Waals surface area contributed by atoms with Crippen LogP contribution in [0.25, 0.3) is 10.8 Å². The molecule has 6 nitrogen and oxygen atoms in total. The van der Waals surface area contributed by atoms with Crippen LogP contribution < -0.4 is 9.21 Å². The first-order valence-corrected chi connectivity index (χ1v) is 7.37. The highest BCUT2D eigenvalue weighted by atomic mass is 32.2. The van der Waals surface area contributed by atoms with Crippen molar-refractivity contribution in [2.24, 2.45) is 0 Å². The highest BCUT2D eigenvalue weighted by Crippen LogP contribution is 2.32. The van der Waals surface area contributed by atoms with Crippen molar-refractivity contribution in [3.8, 4) is 0 Å². The Morgan fingerprint density at radius 1 is 1.05 bits per heavy atom. The van der Waals surface area contributed by atoms with Crippen LogP contribution in [0, 0.1) is 0 Å². The number of hydrogen-bond acceptors (Lipinski definition) is 4. The van der Waals surface area contributed by atoms with E-state index in [2.05, 4.69) is 0 Å². The van der Waals surface area contributed by atoms with Crippen molar-refractivity contribution in [3.05, 3.63) is 36.4 Å². The second-order valence-electron chi connectivity index (χ2n) is 4.73. The molecule has 21 heavy (non-hydrogen) atoms. The number of aliphatic carboxylic acids is 1. The number of benzene rings is 2. The molecule has 112 valence electrons. The third kappa shape index (κ3) is 3.08. The smallest absolute Gasteiger partial charge is 0.324 e. The van der Waals surface area contributed by atoms with Gasteiger partial charge in [-0.1, -0.05) is 24.3 Å². The zero-order valence-corrected chi connectivity index (χ0v) is 12.6. The summed E-state index contributed by atoms with van der Waals surface area (Å²) in [6.45, 7) is -0.593. The van der Waals surface area contributed by atoms with Crippen LogP contribution in [0.5, 0.6) is 0 Å². The van der Waals surface area contributed by atoms with Gasteiger partial charge in [0.05, 0.1) is 5.69 Å². The van der Waals surface area contributed by atoms with Gasteiger partial charge < -0.3 is 10.0 Å². The second kappa shape index (κ2) is 6.01. The first-order chi connectivity index (χ1) is 9.91. The molecule has 0 saturated heterocycles. The minimum Gasteiger partial charge on any atom is -0.480 e. The highest BCUT2D eigenvalue weighted by molar-refractivity contribution is 7.74. The summed E-state index contributed by atoms with van der Waals surface area (Å²) in [6, 6.07) is 10.7. The number of rotatable bonds is 5. The summed E-state index contributed by atoms with van der Waals surface area (Å²) in [5.74, 6) is -1.20. The Bertz CT molecular complexity index is 748. The Hall–Kier alpha value is -2.28. The van der Waals surface area contributed by atoms with Gasteiger partial charge in [-0.2, -0.15) is 0 Å². The molecule has 0 radical (unpaired) electrons. The molecular weight excluding hydrogens is 292 g/mol. The van der Waals surface area contributed by atoms with Gasteiger partial charge in [0.2, 0.25) is 10.9 Å². The van der Waals surface area contributed by atoms with Gasteiger partial charge in [-0.15, -0.1) is 0 Å². The Morgan fingerprint density at radius 3 is 2.05 bits per heavy atom. The summed E-state index contributed by atoms with van der Waals surface area (Å²) in [6.07, 6.45) is 0. The van der Waals surface area contributed by atoms with Crippen molar-refractivity contribution in [3.63, 3.8) is 0 Å². The van der Waals surface area contributed by atoms with Crippen LogP contribution >= 0.6 is 0 Å². The first-order valence-electron chi connectivity index (χ1n) is 6.24. The minimum absolute atomic E-state index is 0.370. The van der Waals surface area contributed by atoms with Crippen molar-refractivity contribution < 1.29 is 18.3 Å². The van der Waals surface area contributed by atoms with E-state index in [4.69, 9.17) is 5.11 Å². The molecule has 7 heteroatoms. The van der Waals surface area contributed by atoms with Crippen LogP contribution in [0.1, 0.15) is 0 Å². The minimum atomic E-state index is -3.03. The maximum atomic E-state index is 11.4. The third-order valence-electron chi connectivity index (χ3n) is 3.12. The molecule has 2 rings (SSSR count). The van der Waals surface area contributed by atoms with E-state index in [1.165, 1.54) is 0 Å². The largest absolute Gasteiger partial charge is 0.480 e. The van der Waals surface area contributed by atoms with Gasteiger partial charge in [0, 0.05) is 30.6 Å². The van der Waals surface area contributed by atoms with Crippen LogP contribution in [0.15, 0.2) is 36.4 Å². The van der Waals surface area contributed by atoms with Crippen molar-refractivity contribution >= 4 is 39.0 Å². The number of carboxylic acid groups (broad SMARTS) is 1. The third-order valence-corrected chi connectivity index (χ3v) is 3.87. The summed E-state index contributed by atoms with van der Waals surface area (Å²) in [5.41, 5.74) is 1.31. The Kier molecular flexibility index (Phi) is 4.32. The predicted molar refractivity (Wildman–Crippen MR) is 83.6 cm³/mol. The number of thiol groups is 1. The molecule has 0 spiro atoms. The fourth-order valence-electron chi connectivity index (χ4n) is 2.25. The number of anilines is 2. The summed E-state index contributed by atoms with van der Waals surface area (Å²) >= 11 is 0. The Morgan fingerprint density at radius 2 is 1.57 bits per heavy atom. The van der Waals surface area contributed by atoms with Crippen molar-refractivity contribution in [1.29, 1.82) is 0 Å². The molecule has 0 saturated carbocycles. The molecule has 0 bridgehead atoms. The van der Waals surface area contributed by atoms with Crippen LogP contribution in [0.2, 0.25) is 0 Å². The molecule has 0 amide bonds. The molecule has 0 aliphatic rings. The van der Waals surface area contributed by atoms with Gasteiger partial charge >= 0.3 is 5.97 Å². The fraction of sp³-hybridized carbons (Fsp3) is 0.214. The van der Waals surface area contributed by atoms with Crippen molar-refractivity contribution in [1.82, 2.24) is 0 Å². The monoisotopic (exact) mass is 308 g/mol. The topological polar surface area (TPSA) is 77.9 Å². The SMILES string of the molecule is CN(C)c1cccc2c(N(CC(=O)O)[SH](=O)=O)cccc12. The van der Waals surface area contributed by atoms with Crippen LogP contribution in [-0.4, -0.2) is 40.1 Å². The number of carbonyl (C=O) groups is 1. The van der Waals surface area contributed by atoms with Gasteiger partial charge in [0.15, 0.2) is 0 Å². The average Bonchev–Trinajstić information content (AvgIpc) is 2.43. The van der Waals surface area contributed by atoms with E-state index in [-0.39, 0.29) is 0 Å². The van der Waals surface area contributed by atoms with Gasteiger partial charge in [-0.25, -0.2) is 8.42 Å². The van der Waals surface area contributed by atoms with E-state index >= 15 is 0 Å². The second-order valence-corrected chi connectivity index (χ2v) is 5.69. The van der Waals surface area contributed by atoms with Gasteiger partial charge in [-0.3, -0.25) is 9.10 Å². The summed E-state index contributed by atoms with van der Waals surface area (Å²) in [5, 5.41) is 10.5. The maximum Gasteiger partial charge on any atom is 0.324 e. The lowest BCUT2D eigenvalue weighted by atomic mass is 10.1. The number of fused-ring (bicyclic) bond motifs is 1. The molecule has 0 fully saturated rings. The first kappa shape index (κ1) is 15.1. The van der Waals surface area contributed by atoms with E-state index in [0.717, 1.165) is 15.4 Å². The van der Waals surface area contributed by atoms with Crippen molar-refractivity contribution in [2.45, 2.75) is 0 Å². The van der Waals surface area contributed by atoms with E-state index in [0.29, 0.717) is 11.1 Å². The van der Waals surface area contributed by atoms with Gasteiger partial charge in [-0.05, 0) is 12.1 Å². The fourth-order valence-corrected chi connectivity index (χ4v) is 2.84. The van der Waals surface area contributed by atoms with Crippen LogP contribution in [0.4, 0.5) is 11.4 Å². The summed E-state index contributed by atoms with van der Waals surface area (Å²) in [7, 11) is 0.755. The quantitative estimate of drug-likeness (QED) is 0.815. The lowest BCUT2D eigenvalue weighted by molar-refractivity contribution is -0.135. The molecule has 0 aliphatic heterocycles. The van der Waals surface area contributed by atoms with E-state index < -0.39 is 23.4 Å². The zero-order chi connectivity index (χ0) is 15.6. The lowest BCUT2D eigenvalue weighted by Crippen LogP contribution is -2.28. The highest BCUT2D eigenvalue weighted by Gasteiger charge is 2.16. The van der Waals surface area contributed by atoms with Crippen LogP contribution in [-0.2, 0) is 15.7 Å². The Labute approximate surface area is 124 Å². The van der Waals surface area contributed by atoms with Gasteiger partial charge in [0.25, 0.3) is 0 Å². The molecular formula is C14H16N2O4S. The number of carboxylic acids is 1. The normalized spacial score (nSPS) is 10.8. The Balaban J connectivity index is 2.69. The molecule has 0 unspecified atom stereocenters. The summed E-state index contributed by atoms with van der Waals surface area (Å²) < 4.78 is 23.6. The van der Waals surface area contributed by atoms with E-state index in [1.807, 2.05) is 37.2 Å². The average molecular weight is 308 g/mol. The predicted octanol–water partition coefficient (Wildman–Crippen LogP) is 1.32. The molecule has 1 N–H and O–H groups in total. The molecule has 2 aromatic rings. The van der Waals surface area contributed by atoms with E-state index in [1.54, 1.807) is 18.2 Å². The molecule has 2 aromatic carbocycles. The number of nitrogens with zero attached hydrogens (tertiary/aromatic N) is 2. The van der Waals surface area contributed by atoms with Crippen LogP contribution in [0.3, 0.4) is 0 Å². The molecule has 0 aliphatic carbocycles. The summed E-state index contributed by atoms with van der Waals surface area (Å²) in [4.78, 5) is 12.8. The molecule has 0 aromatic heterocycles.